The molecule has 2 N–H and O–H groups in total. The van der Waals surface area contributed by atoms with Gasteiger partial charge in [-0.05, 0) is 72.7 Å². The molecule has 8 heteroatoms. The standard InChI is InChI=1S/C25H31BrN2O5/c1-15(2)14-32-25(30)33-19-10-16(3)24(20(26)12-19)21(27)13-23(29)28-9-5-6-17-11-18(31-4)7-8-22(17)28/h7-8,10-12,15,21H,5-6,9,13-14,27H2,1-4H3. The van der Waals surface area contributed by atoms with Gasteiger partial charge in [0.15, 0.2) is 0 Å². The molecule has 1 heterocycles. The summed E-state index contributed by atoms with van der Waals surface area (Å²) in [4.78, 5) is 26.9. The smallest absolute Gasteiger partial charge is 0.497 e. The fourth-order valence-corrected chi connectivity index (χ4v) is 4.80. The predicted octanol–water partition coefficient (Wildman–Crippen LogP) is 5.31. The summed E-state index contributed by atoms with van der Waals surface area (Å²) in [6.07, 6.45) is 1.21. The normalized spacial score (nSPS) is 14.0. The molecule has 0 spiro atoms. The summed E-state index contributed by atoms with van der Waals surface area (Å²) in [5, 5.41) is 0. The first-order valence-electron chi connectivity index (χ1n) is 11.1. The van der Waals surface area contributed by atoms with Gasteiger partial charge in [-0.15, -0.1) is 0 Å². The third-order valence-electron chi connectivity index (χ3n) is 5.52. The van der Waals surface area contributed by atoms with Crippen molar-refractivity contribution in [3.63, 3.8) is 0 Å². The first-order chi connectivity index (χ1) is 15.7. The topological polar surface area (TPSA) is 91.1 Å². The average molecular weight is 519 g/mol. The number of halogens is 1. The van der Waals surface area contributed by atoms with Crippen molar-refractivity contribution in [2.24, 2.45) is 11.7 Å². The number of hydrogen-bond acceptors (Lipinski definition) is 6. The second kappa shape index (κ2) is 11.0. The highest BCUT2D eigenvalue weighted by molar-refractivity contribution is 9.10. The highest BCUT2D eigenvalue weighted by Crippen LogP contribution is 2.35. The molecule has 2 aromatic carbocycles. The van der Waals surface area contributed by atoms with Crippen LogP contribution in [0.4, 0.5) is 10.5 Å². The fourth-order valence-electron chi connectivity index (χ4n) is 3.97. The minimum atomic E-state index is -0.748. The molecule has 3 rings (SSSR count). The third-order valence-corrected chi connectivity index (χ3v) is 6.17. The summed E-state index contributed by atoms with van der Waals surface area (Å²) >= 11 is 3.53. The van der Waals surface area contributed by atoms with Crippen molar-refractivity contribution < 1.29 is 23.8 Å². The molecule has 1 unspecified atom stereocenters. The number of rotatable bonds is 7. The molecule has 1 aliphatic rings. The second-order valence-corrected chi connectivity index (χ2v) is 9.50. The van der Waals surface area contributed by atoms with E-state index >= 15 is 0 Å². The van der Waals surface area contributed by atoms with Gasteiger partial charge in [-0.2, -0.15) is 0 Å². The number of fused-ring (bicyclic) bond motifs is 1. The molecule has 0 radical (unpaired) electrons. The van der Waals surface area contributed by atoms with Crippen molar-refractivity contribution in [3.8, 4) is 11.5 Å². The van der Waals surface area contributed by atoms with Gasteiger partial charge in [0.1, 0.15) is 11.5 Å². The maximum atomic E-state index is 13.2. The van der Waals surface area contributed by atoms with Gasteiger partial charge in [-0.25, -0.2) is 4.79 Å². The van der Waals surface area contributed by atoms with Gasteiger partial charge in [0.25, 0.3) is 0 Å². The zero-order chi connectivity index (χ0) is 24.1. The van der Waals surface area contributed by atoms with Gasteiger partial charge in [0, 0.05) is 29.2 Å². The highest BCUT2D eigenvalue weighted by Gasteiger charge is 2.26. The molecule has 178 valence electrons. The van der Waals surface area contributed by atoms with E-state index in [0.29, 0.717) is 16.8 Å². The van der Waals surface area contributed by atoms with E-state index in [1.54, 1.807) is 19.2 Å². The van der Waals surface area contributed by atoms with Crippen molar-refractivity contribution in [1.29, 1.82) is 0 Å². The number of hydrogen-bond donors (Lipinski definition) is 1. The lowest BCUT2D eigenvalue weighted by atomic mass is 9.97. The van der Waals surface area contributed by atoms with Crippen LogP contribution in [-0.2, 0) is 16.0 Å². The monoisotopic (exact) mass is 518 g/mol. The predicted molar refractivity (Wildman–Crippen MR) is 131 cm³/mol. The number of nitrogens with two attached hydrogens (primary N) is 1. The van der Waals surface area contributed by atoms with Gasteiger partial charge in [-0.1, -0.05) is 29.8 Å². The summed E-state index contributed by atoms with van der Waals surface area (Å²) in [5.74, 6) is 1.33. The summed E-state index contributed by atoms with van der Waals surface area (Å²) in [6.45, 7) is 6.72. The number of methoxy groups -OCH3 is 1. The van der Waals surface area contributed by atoms with Crippen molar-refractivity contribution in [2.75, 3.05) is 25.2 Å². The first kappa shape index (κ1) is 25.1. The molecular formula is C25H31BrN2O5. The Labute approximate surface area is 203 Å². The summed E-state index contributed by atoms with van der Waals surface area (Å²) in [6, 6.07) is 8.67. The van der Waals surface area contributed by atoms with E-state index in [1.807, 2.05) is 43.9 Å². The van der Waals surface area contributed by atoms with Crippen molar-refractivity contribution >= 4 is 33.7 Å². The molecular weight excluding hydrogens is 488 g/mol. The van der Waals surface area contributed by atoms with Crippen LogP contribution in [0.25, 0.3) is 0 Å². The minimum absolute atomic E-state index is 0.0301. The van der Waals surface area contributed by atoms with Crippen molar-refractivity contribution in [2.45, 2.75) is 46.1 Å². The Morgan fingerprint density at radius 1 is 1.18 bits per heavy atom. The second-order valence-electron chi connectivity index (χ2n) is 8.65. The number of benzene rings is 2. The van der Waals surface area contributed by atoms with Crippen LogP contribution in [0.3, 0.4) is 0 Å². The number of amides is 1. The Bertz CT molecular complexity index is 1000. The maximum Gasteiger partial charge on any atom is 0.513 e. The number of carbonyl (C=O) groups excluding carboxylic acids is 2. The molecule has 1 amide bonds. The molecule has 0 aliphatic carbocycles. The van der Waals surface area contributed by atoms with Crippen LogP contribution in [-0.4, -0.2) is 32.3 Å². The molecule has 0 saturated heterocycles. The van der Waals surface area contributed by atoms with Crippen LogP contribution in [0.2, 0.25) is 0 Å². The van der Waals surface area contributed by atoms with E-state index in [0.717, 1.165) is 41.0 Å². The van der Waals surface area contributed by atoms with E-state index in [2.05, 4.69) is 15.9 Å². The van der Waals surface area contributed by atoms with Gasteiger partial charge >= 0.3 is 6.16 Å². The van der Waals surface area contributed by atoms with Crippen LogP contribution in [0.1, 0.15) is 49.4 Å². The zero-order valence-corrected chi connectivity index (χ0v) is 21.1. The lowest BCUT2D eigenvalue weighted by Crippen LogP contribution is -2.37. The summed E-state index contributed by atoms with van der Waals surface area (Å²) < 4.78 is 16.3. The minimum Gasteiger partial charge on any atom is -0.497 e. The SMILES string of the molecule is COc1ccc2c(c1)CCCN2C(=O)CC(N)c1c(C)cc(OC(=O)OCC(C)C)cc1Br. The molecule has 2 aromatic rings. The number of anilines is 1. The molecule has 7 nitrogen and oxygen atoms in total. The Morgan fingerprint density at radius 2 is 1.94 bits per heavy atom. The largest absolute Gasteiger partial charge is 0.513 e. The van der Waals surface area contributed by atoms with Gasteiger partial charge < -0.3 is 24.8 Å². The van der Waals surface area contributed by atoms with Crippen molar-refractivity contribution in [1.82, 2.24) is 0 Å². The molecule has 1 aliphatic heterocycles. The lowest BCUT2D eigenvalue weighted by Gasteiger charge is -2.31. The molecule has 0 saturated carbocycles. The number of carbonyl (C=O) groups is 2. The highest BCUT2D eigenvalue weighted by atomic mass is 79.9. The van der Waals surface area contributed by atoms with E-state index < -0.39 is 12.2 Å². The van der Waals surface area contributed by atoms with Crippen LogP contribution in [0.15, 0.2) is 34.8 Å². The average Bonchev–Trinajstić information content (AvgIpc) is 2.76. The number of ether oxygens (including phenoxy) is 3. The fraction of sp³-hybridized carbons (Fsp3) is 0.440. The first-order valence-corrected chi connectivity index (χ1v) is 11.9. The zero-order valence-electron chi connectivity index (χ0n) is 19.5. The van der Waals surface area contributed by atoms with Crippen LogP contribution in [0, 0.1) is 12.8 Å². The molecule has 33 heavy (non-hydrogen) atoms. The number of aryl methyl sites for hydroxylation is 2. The summed E-state index contributed by atoms with van der Waals surface area (Å²) in [7, 11) is 1.64. The van der Waals surface area contributed by atoms with E-state index in [9.17, 15) is 9.59 Å². The van der Waals surface area contributed by atoms with Crippen LogP contribution < -0.4 is 20.1 Å². The Kier molecular flexibility index (Phi) is 8.37. The van der Waals surface area contributed by atoms with E-state index in [-0.39, 0.29) is 24.9 Å². The van der Waals surface area contributed by atoms with Gasteiger partial charge in [0.2, 0.25) is 5.91 Å². The Morgan fingerprint density at radius 3 is 2.61 bits per heavy atom. The number of nitrogens with zero attached hydrogens (tertiary/aromatic N) is 1. The lowest BCUT2D eigenvalue weighted by molar-refractivity contribution is -0.119. The Hall–Kier alpha value is -2.58. The van der Waals surface area contributed by atoms with Gasteiger partial charge in [-0.3, -0.25) is 4.79 Å². The Balaban J connectivity index is 1.71. The maximum absolute atomic E-state index is 13.2. The molecule has 0 fully saturated rings. The molecule has 0 bridgehead atoms. The van der Waals surface area contributed by atoms with Crippen LogP contribution in [0.5, 0.6) is 11.5 Å². The third kappa shape index (κ3) is 6.26. The van der Waals surface area contributed by atoms with E-state index in [1.165, 1.54) is 0 Å². The van der Waals surface area contributed by atoms with E-state index in [4.69, 9.17) is 19.9 Å². The van der Waals surface area contributed by atoms with Crippen LogP contribution >= 0.6 is 15.9 Å². The summed E-state index contributed by atoms with van der Waals surface area (Å²) in [5.41, 5.74) is 10.1. The van der Waals surface area contributed by atoms with Crippen molar-refractivity contribution in [3.05, 3.63) is 51.5 Å². The molecule has 0 aromatic heterocycles. The molecule has 1 atom stereocenters. The van der Waals surface area contributed by atoms with Gasteiger partial charge in [0.05, 0.1) is 13.7 Å². The quantitative estimate of drug-likeness (QED) is 0.394.